The van der Waals surface area contributed by atoms with Gasteiger partial charge in [-0.05, 0) is 37.5 Å². The Morgan fingerprint density at radius 3 is 0.607 bits per heavy atom. The molecule has 3 N–H and O–H groups in total. The van der Waals surface area contributed by atoms with Gasteiger partial charge >= 0.3 is 39.5 Å². The highest BCUT2D eigenvalue weighted by Gasteiger charge is 2.31. The Morgan fingerprint density at radius 2 is 0.411 bits per heavy atom. The summed E-state index contributed by atoms with van der Waals surface area (Å²) in [6, 6.07) is 0. The fraction of sp³-hybridized carbons (Fsp3) is 0.957. The van der Waals surface area contributed by atoms with Gasteiger partial charge in [-0.2, -0.15) is 0 Å². The molecule has 17 nitrogen and oxygen atoms in total. The van der Waals surface area contributed by atoms with E-state index in [1.807, 2.05) is 0 Å². The van der Waals surface area contributed by atoms with Crippen LogP contribution in [0, 0.1) is 11.8 Å². The molecule has 0 fully saturated rings. The SMILES string of the molecule is CCCCCCCCCCCCCCCCCCCCCCCCC(=O)O[C@H](COC(=O)CCCCCCCCCCCCCCCCCCCCCCC)COP(=O)(O)OC[C@@H](O)COP(=O)(O)OC[C@@H](COC(=O)CCCCCCCCCC(C)C)OC(=O)CCCCCCCCCCCCCCCCCCC(C)C. The van der Waals surface area contributed by atoms with E-state index in [1.54, 1.807) is 0 Å². The molecule has 0 aromatic heterocycles. The Kier molecular flexibility index (Phi) is 82.6. The van der Waals surface area contributed by atoms with Crippen molar-refractivity contribution < 1.29 is 80.2 Å². The fourth-order valence-electron chi connectivity index (χ4n) is 14.7. The third-order valence-electron chi connectivity index (χ3n) is 22.0. The van der Waals surface area contributed by atoms with Crippen LogP contribution in [0.3, 0.4) is 0 Å². The summed E-state index contributed by atoms with van der Waals surface area (Å²) in [5.74, 6) is -0.583. The van der Waals surface area contributed by atoms with Gasteiger partial charge in [0.15, 0.2) is 12.2 Å². The number of hydrogen-bond acceptors (Lipinski definition) is 15. The number of phosphoric acid groups is 2. The van der Waals surface area contributed by atoms with Crippen molar-refractivity contribution in [3.05, 3.63) is 0 Å². The van der Waals surface area contributed by atoms with Gasteiger partial charge in [0.2, 0.25) is 0 Å². The van der Waals surface area contributed by atoms with E-state index < -0.39 is 97.5 Å². The summed E-state index contributed by atoms with van der Waals surface area (Å²) < 4.78 is 69.1. The van der Waals surface area contributed by atoms with Gasteiger partial charge in [0.05, 0.1) is 26.4 Å². The molecule has 0 radical (unpaired) electrons. The Balaban J connectivity index is 5.21. The molecule has 0 spiro atoms. The van der Waals surface area contributed by atoms with E-state index in [1.165, 1.54) is 315 Å². The lowest BCUT2D eigenvalue weighted by atomic mass is 10.0. The van der Waals surface area contributed by atoms with Crippen LogP contribution in [-0.4, -0.2) is 96.7 Å². The summed E-state index contributed by atoms with van der Waals surface area (Å²) in [5, 5.41) is 10.7. The molecule has 0 heterocycles. The minimum absolute atomic E-state index is 0.108. The summed E-state index contributed by atoms with van der Waals surface area (Å²) in [5.41, 5.74) is 0. The number of phosphoric ester groups is 2. The number of carbonyl (C=O) groups excluding carboxylic acids is 4. The first-order valence-corrected chi connectivity index (χ1v) is 51.0. The molecule has 0 rings (SSSR count). The second-order valence-electron chi connectivity index (χ2n) is 34.4. The lowest BCUT2D eigenvalue weighted by molar-refractivity contribution is -0.161. The molecule has 112 heavy (non-hydrogen) atoms. The minimum Gasteiger partial charge on any atom is -0.462 e. The molecule has 0 saturated heterocycles. The molecular formula is C93H182O17P2. The molecule has 666 valence electrons. The van der Waals surface area contributed by atoms with Crippen LogP contribution in [0.5, 0.6) is 0 Å². The van der Waals surface area contributed by atoms with E-state index in [2.05, 4.69) is 41.5 Å². The molecule has 0 aliphatic rings. The van der Waals surface area contributed by atoms with Gasteiger partial charge < -0.3 is 33.8 Å². The number of ether oxygens (including phenoxy) is 4. The minimum atomic E-state index is -4.97. The van der Waals surface area contributed by atoms with Crippen molar-refractivity contribution in [1.82, 2.24) is 0 Å². The Morgan fingerprint density at radius 1 is 0.241 bits per heavy atom. The number of unbranched alkanes of at least 4 members (excludes halogenated alkanes) is 62. The molecule has 0 aromatic rings. The topological polar surface area (TPSA) is 237 Å². The molecule has 0 amide bonds. The maximum absolute atomic E-state index is 13.2. The van der Waals surface area contributed by atoms with Crippen LogP contribution < -0.4 is 0 Å². The van der Waals surface area contributed by atoms with Crippen molar-refractivity contribution >= 4 is 39.5 Å². The Hall–Kier alpha value is -1.94. The van der Waals surface area contributed by atoms with E-state index >= 15 is 0 Å². The highest BCUT2D eigenvalue weighted by atomic mass is 31.2. The van der Waals surface area contributed by atoms with Gasteiger partial charge in [-0.3, -0.25) is 37.3 Å². The van der Waals surface area contributed by atoms with Gasteiger partial charge in [-0.25, -0.2) is 9.13 Å². The second kappa shape index (κ2) is 84.1. The maximum atomic E-state index is 13.2. The first kappa shape index (κ1) is 110. The van der Waals surface area contributed by atoms with Crippen molar-refractivity contribution in [1.29, 1.82) is 0 Å². The van der Waals surface area contributed by atoms with E-state index in [0.29, 0.717) is 31.6 Å². The van der Waals surface area contributed by atoms with Crippen molar-refractivity contribution in [2.45, 2.75) is 522 Å². The van der Waals surface area contributed by atoms with Crippen LogP contribution in [0.25, 0.3) is 0 Å². The predicted molar refractivity (Wildman–Crippen MR) is 465 cm³/mol. The number of hydrogen-bond donors (Lipinski definition) is 3. The lowest BCUT2D eigenvalue weighted by Crippen LogP contribution is -2.30. The molecule has 19 heteroatoms. The molecule has 0 saturated carbocycles. The largest absolute Gasteiger partial charge is 0.472 e. The van der Waals surface area contributed by atoms with Gasteiger partial charge in [-0.1, -0.05) is 452 Å². The zero-order chi connectivity index (χ0) is 82.0. The first-order chi connectivity index (χ1) is 54.4. The van der Waals surface area contributed by atoms with Crippen LogP contribution in [0.15, 0.2) is 0 Å². The number of aliphatic hydroxyl groups excluding tert-OH is 1. The monoisotopic (exact) mass is 1630 g/mol. The molecule has 0 aromatic carbocycles. The highest BCUT2D eigenvalue weighted by Crippen LogP contribution is 2.45. The van der Waals surface area contributed by atoms with Crippen LogP contribution in [0.2, 0.25) is 0 Å². The summed E-state index contributed by atoms with van der Waals surface area (Å²) in [7, 11) is -9.94. The van der Waals surface area contributed by atoms with Crippen molar-refractivity contribution in [2.24, 2.45) is 11.8 Å². The Labute approximate surface area is 689 Å². The molecule has 0 aliphatic heterocycles. The number of carbonyl (C=O) groups is 4. The van der Waals surface area contributed by atoms with Crippen molar-refractivity contribution in [2.75, 3.05) is 39.6 Å². The van der Waals surface area contributed by atoms with Crippen LogP contribution >= 0.6 is 15.6 Å². The van der Waals surface area contributed by atoms with Gasteiger partial charge in [0.25, 0.3) is 0 Å². The number of aliphatic hydroxyl groups is 1. The average Bonchev–Trinajstić information content (AvgIpc) is 0.893. The molecular weight excluding hydrogens is 1450 g/mol. The third-order valence-corrected chi connectivity index (χ3v) is 23.9. The predicted octanol–water partition coefficient (Wildman–Crippen LogP) is 29.0. The molecule has 5 atom stereocenters. The second-order valence-corrected chi connectivity index (χ2v) is 37.3. The molecule has 0 bridgehead atoms. The summed E-state index contributed by atoms with van der Waals surface area (Å²) in [6.07, 6.45) is 79.6. The summed E-state index contributed by atoms with van der Waals surface area (Å²) >= 11 is 0. The van der Waals surface area contributed by atoms with Crippen LogP contribution in [-0.2, 0) is 65.4 Å². The zero-order valence-electron chi connectivity index (χ0n) is 74.0. The standard InChI is InChI=1S/C93H182O17P2/c1-7-9-11-13-15-17-19-21-23-25-27-29-31-33-35-40-44-48-52-58-65-71-77-92(97)109-88(81-103-90(95)75-69-63-57-51-47-43-39-34-32-30-28-26-24-22-20-18-16-14-12-10-8-2)83-107-111(99,100)105-79-87(94)80-106-112(101,102)108-84-89(82-104-91(96)76-70-64-60-54-56-62-68-74-86(5)6)110-93(98)78-72-66-59-53-49-45-41-37-36-38-42-46-50-55-61-67-73-85(3)4/h85-89,94H,7-84H2,1-6H3,(H,99,100)(H,101,102)/t87-,88-,89-/m1/s1. The Bertz CT molecular complexity index is 2130. The van der Waals surface area contributed by atoms with Crippen molar-refractivity contribution in [3.8, 4) is 0 Å². The van der Waals surface area contributed by atoms with Crippen LogP contribution in [0.4, 0.5) is 0 Å². The first-order valence-electron chi connectivity index (χ1n) is 48.0. The van der Waals surface area contributed by atoms with E-state index in [-0.39, 0.29) is 25.7 Å². The van der Waals surface area contributed by atoms with E-state index in [0.717, 1.165) is 102 Å². The lowest BCUT2D eigenvalue weighted by Gasteiger charge is -2.21. The number of esters is 4. The quantitative estimate of drug-likeness (QED) is 0.0222. The van der Waals surface area contributed by atoms with E-state index in [4.69, 9.17) is 37.0 Å². The maximum Gasteiger partial charge on any atom is 0.472 e. The highest BCUT2D eigenvalue weighted by molar-refractivity contribution is 7.47. The number of rotatable bonds is 92. The van der Waals surface area contributed by atoms with Gasteiger partial charge in [0, 0.05) is 25.7 Å². The molecule has 0 aliphatic carbocycles. The zero-order valence-corrected chi connectivity index (χ0v) is 75.8. The van der Waals surface area contributed by atoms with Crippen molar-refractivity contribution in [3.63, 3.8) is 0 Å². The summed E-state index contributed by atoms with van der Waals surface area (Å²) in [4.78, 5) is 73.4. The van der Waals surface area contributed by atoms with Crippen LogP contribution in [0.1, 0.15) is 504 Å². The summed E-state index contributed by atoms with van der Waals surface area (Å²) in [6.45, 7) is 9.68. The van der Waals surface area contributed by atoms with E-state index in [9.17, 15) is 43.2 Å². The average molecular weight is 1630 g/mol. The van der Waals surface area contributed by atoms with Gasteiger partial charge in [0.1, 0.15) is 19.3 Å². The smallest absolute Gasteiger partial charge is 0.462 e. The van der Waals surface area contributed by atoms with Gasteiger partial charge in [-0.15, -0.1) is 0 Å². The third kappa shape index (κ3) is 85.9. The normalized spacial score (nSPS) is 13.7. The molecule has 2 unspecified atom stereocenters. The fourth-order valence-corrected chi connectivity index (χ4v) is 16.2.